The number of anilines is 1. The van der Waals surface area contributed by atoms with Gasteiger partial charge in [-0.3, -0.25) is 14.3 Å². The van der Waals surface area contributed by atoms with Crippen LogP contribution in [0.25, 0.3) is 0 Å². The van der Waals surface area contributed by atoms with E-state index in [4.69, 9.17) is 0 Å². The zero-order valence-corrected chi connectivity index (χ0v) is 11.2. The van der Waals surface area contributed by atoms with Crippen LogP contribution >= 0.6 is 0 Å². The van der Waals surface area contributed by atoms with E-state index in [1.807, 2.05) is 31.2 Å². The van der Waals surface area contributed by atoms with Crippen molar-refractivity contribution in [2.45, 2.75) is 6.92 Å². The van der Waals surface area contributed by atoms with Gasteiger partial charge in [-0.15, -0.1) is 0 Å². The molecular formula is C15H13N3O2. The van der Waals surface area contributed by atoms with Crippen LogP contribution in [0, 0.1) is 6.92 Å². The van der Waals surface area contributed by atoms with Gasteiger partial charge in [-0.05, 0) is 19.1 Å². The number of carbonyl (C=O) groups excluding carboxylic acids is 2. The van der Waals surface area contributed by atoms with Gasteiger partial charge in [0.1, 0.15) is 5.69 Å². The molecule has 20 heavy (non-hydrogen) atoms. The third-order valence-corrected chi connectivity index (χ3v) is 3.16. The summed E-state index contributed by atoms with van der Waals surface area (Å²) in [5.74, 6) is -0.469. The number of allylic oxidation sites excluding steroid dienone is 2. The highest BCUT2D eigenvalue weighted by molar-refractivity contribution is 6.24. The molecule has 0 spiro atoms. The molecule has 0 bridgehead atoms. The highest BCUT2D eigenvalue weighted by Crippen LogP contribution is 2.21. The monoisotopic (exact) mass is 267 g/mol. The smallest absolute Gasteiger partial charge is 0.230 e. The molecule has 0 fully saturated rings. The van der Waals surface area contributed by atoms with Crippen molar-refractivity contribution in [3.05, 3.63) is 59.1 Å². The lowest BCUT2D eigenvalue weighted by Crippen LogP contribution is -2.21. The van der Waals surface area contributed by atoms with Crippen molar-refractivity contribution < 1.29 is 9.59 Å². The van der Waals surface area contributed by atoms with Crippen LogP contribution in [0.5, 0.6) is 0 Å². The summed E-state index contributed by atoms with van der Waals surface area (Å²) < 4.78 is 1.48. The minimum absolute atomic E-state index is 0.203. The molecule has 1 N–H and O–H groups in total. The Kier molecular flexibility index (Phi) is 2.75. The Balaban J connectivity index is 1.93. The Hall–Kier alpha value is -2.69. The van der Waals surface area contributed by atoms with Crippen molar-refractivity contribution in [2.24, 2.45) is 7.05 Å². The lowest BCUT2D eigenvalue weighted by atomic mass is 9.99. The molecule has 5 heteroatoms. The fourth-order valence-corrected chi connectivity index (χ4v) is 2.12. The quantitative estimate of drug-likeness (QED) is 0.905. The standard InChI is InChI=1S/C15H13N3O2/c1-9-3-5-10(6-4-9)16-12-7-13(19)11-8-18(2)17-14(11)15(12)20/h3-8,16H,1-2H3. The highest BCUT2D eigenvalue weighted by atomic mass is 16.1. The zero-order chi connectivity index (χ0) is 14.3. The molecule has 0 saturated carbocycles. The maximum atomic E-state index is 12.3. The fraction of sp³-hybridized carbons (Fsp3) is 0.133. The normalized spacial score (nSPS) is 14.0. The molecule has 1 aromatic carbocycles. The molecule has 0 aliphatic heterocycles. The SMILES string of the molecule is Cc1ccc(NC2=CC(=O)c3cn(C)nc3C2=O)cc1. The number of ketones is 2. The molecule has 1 aliphatic carbocycles. The average Bonchev–Trinajstić information content (AvgIpc) is 2.81. The predicted molar refractivity (Wildman–Crippen MR) is 74.8 cm³/mol. The van der Waals surface area contributed by atoms with E-state index in [-0.39, 0.29) is 23.0 Å². The van der Waals surface area contributed by atoms with Gasteiger partial charge in [-0.2, -0.15) is 5.10 Å². The first-order chi connectivity index (χ1) is 9.54. The van der Waals surface area contributed by atoms with Crippen molar-refractivity contribution in [2.75, 3.05) is 5.32 Å². The first-order valence-electron chi connectivity index (χ1n) is 6.22. The topological polar surface area (TPSA) is 64.0 Å². The van der Waals surface area contributed by atoms with Crippen molar-refractivity contribution in [1.29, 1.82) is 0 Å². The first-order valence-corrected chi connectivity index (χ1v) is 6.22. The van der Waals surface area contributed by atoms with E-state index in [0.29, 0.717) is 5.56 Å². The van der Waals surface area contributed by atoms with Crippen LogP contribution in [-0.2, 0) is 7.05 Å². The number of rotatable bonds is 2. The highest BCUT2D eigenvalue weighted by Gasteiger charge is 2.28. The third-order valence-electron chi connectivity index (χ3n) is 3.16. The summed E-state index contributed by atoms with van der Waals surface area (Å²) in [6.07, 6.45) is 2.89. The molecule has 0 amide bonds. The molecule has 0 saturated heterocycles. The molecule has 1 aromatic heterocycles. The Morgan fingerprint density at radius 3 is 2.55 bits per heavy atom. The fourth-order valence-electron chi connectivity index (χ4n) is 2.12. The average molecular weight is 267 g/mol. The Labute approximate surface area is 115 Å². The lowest BCUT2D eigenvalue weighted by Gasteiger charge is -2.13. The minimum Gasteiger partial charge on any atom is -0.352 e. The van der Waals surface area contributed by atoms with Gasteiger partial charge < -0.3 is 5.32 Å². The van der Waals surface area contributed by atoms with Crippen LogP contribution in [0.4, 0.5) is 5.69 Å². The summed E-state index contributed by atoms with van der Waals surface area (Å²) in [5.41, 5.74) is 2.71. The molecule has 0 atom stereocenters. The van der Waals surface area contributed by atoms with Crippen molar-refractivity contribution in [3.63, 3.8) is 0 Å². The van der Waals surface area contributed by atoms with Crippen LogP contribution in [0.2, 0.25) is 0 Å². The molecule has 0 radical (unpaired) electrons. The number of Topliss-reactive ketones (excluding diaryl/α,β-unsaturated/α-hetero) is 1. The Bertz CT molecular complexity index is 739. The van der Waals surface area contributed by atoms with Gasteiger partial charge in [0.2, 0.25) is 5.78 Å². The van der Waals surface area contributed by atoms with Crippen molar-refractivity contribution in [3.8, 4) is 0 Å². The lowest BCUT2D eigenvalue weighted by molar-refractivity contribution is 0.0983. The number of aryl methyl sites for hydroxylation is 2. The summed E-state index contributed by atoms with van der Waals surface area (Å²) in [6.45, 7) is 1.98. The molecule has 100 valence electrons. The third kappa shape index (κ3) is 2.03. The molecule has 1 aliphatic rings. The van der Waals surface area contributed by atoms with Crippen molar-refractivity contribution >= 4 is 17.3 Å². The number of carbonyl (C=O) groups is 2. The number of aromatic nitrogens is 2. The van der Waals surface area contributed by atoms with E-state index in [9.17, 15) is 9.59 Å². The maximum Gasteiger partial charge on any atom is 0.230 e. The molecule has 5 nitrogen and oxygen atoms in total. The number of hydrogen-bond acceptors (Lipinski definition) is 4. The summed E-state index contributed by atoms with van der Waals surface area (Å²) >= 11 is 0. The van der Waals surface area contributed by atoms with E-state index >= 15 is 0 Å². The molecule has 0 unspecified atom stereocenters. The summed E-state index contributed by atoms with van der Waals surface area (Å²) in [6, 6.07) is 7.60. The Morgan fingerprint density at radius 2 is 1.85 bits per heavy atom. The summed E-state index contributed by atoms with van der Waals surface area (Å²) in [4.78, 5) is 24.3. The number of hydrogen-bond donors (Lipinski definition) is 1. The predicted octanol–water partition coefficient (Wildman–Crippen LogP) is 2.10. The van der Waals surface area contributed by atoms with Crippen LogP contribution in [0.15, 0.2) is 42.2 Å². The second kappa shape index (κ2) is 4.45. The second-order valence-electron chi connectivity index (χ2n) is 4.81. The first kappa shape index (κ1) is 12.3. The second-order valence-corrected chi connectivity index (χ2v) is 4.81. The van der Waals surface area contributed by atoms with Gasteiger partial charge in [0.25, 0.3) is 0 Å². The van der Waals surface area contributed by atoms with E-state index in [2.05, 4.69) is 10.4 Å². The molecule has 1 heterocycles. The van der Waals surface area contributed by atoms with Crippen molar-refractivity contribution in [1.82, 2.24) is 9.78 Å². The van der Waals surface area contributed by atoms with Crippen LogP contribution in [0.3, 0.4) is 0 Å². The molecule has 2 aromatic rings. The van der Waals surface area contributed by atoms with E-state index in [0.717, 1.165) is 11.3 Å². The number of nitrogens with one attached hydrogen (secondary N) is 1. The van der Waals surface area contributed by atoms with Gasteiger partial charge in [-0.25, -0.2) is 0 Å². The minimum atomic E-state index is -0.263. The Morgan fingerprint density at radius 1 is 1.15 bits per heavy atom. The van der Waals surface area contributed by atoms with Crippen LogP contribution < -0.4 is 5.32 Å². The van der Waals surface area contributed by atoms with Crippen LogP contribution in [-0.4, -0.2) is 21.3 Å². The zero-order valence-electron chi connectivity index (χ0n) is 11.2. The largest absolute Gasteiger partial charge is 0.352 e. The van der Waals surface area contributed by atoms with E-state index in [1.165, 1.54) is 10.8 Å². The van der Waals surface area contributed by atoms with E-state index in [1.54, 1.807) is 13.2 Å². The number of fused-ring (bicyclic) bond motifs is 1. The number of nitrogens with zero attached hydrogens (tertiary/aromatic N) is 2. The van der Waals surface area contributed by atoms with Gasteiger partial charge >= 0.3 is 0 Å². The molecule has 3 rings (SSSR count). The van der Waals surface area contributed by atoms with Crippen LogP contribution in [0.1, 0.15) is 26.4 Å². The van der Waals surface area contributed by atoms with Gasteiger partial charge in [0, 0.05) is 25.0 Å². The maximum absolute atomic E-state index is 12.3. The molecular weight excluding hydrogens is 254 g/mol. The van der Waals surface area contributed by atoms with Gasteiger partial charge in [0.05, 0.1) is 11.3 Å². The summed E-state index contributed by atoms with van der Waals surface area (Å²) in [7, 11) is 1.69. The van der Waals surface area contributed by atoms with Gasteiger partial charge in [0.15, 0.2) is 5.78 Å². The van der Waals surface area contributed by atoms with Gasteiger partial charge in [-0.1, -0.05) is 17.7 Å². The number of benzene rings is 1. The van der Waals surface area contributed by atoms with E-state index < -0.39 is 0 Å². The summed E-state index contributed by atoms with van der Waals surface area (Å²) in [5, 5.41) is 7.03.